The van der Waals surface area contributed by atoms with Crippen molar-refractivity contribution in [1.29, 1.82) is 0 Å². The predicted molar refractivity (Wildman–Crippen MR) is 103 cm³/mol. The van der Waals surface area contributed by atoms with Gasteiger partial charge in [0.25, 0.3) is 0 Å². The largest absolute Gasteiger partial charge is 0.456 e. The molecule has 0 saturated carbocycles. The molecular weight excluding hydrogens is 356 g/mol. The first-order valence-corrected chi connectivity index (χ1v) is 9.53. The summed E-state index contributed by atoms with van der Waals surface area (Å²) in [6.45, 7) is 0.589. The Labute approximate surface area is 164 Å². The van der Waals surface area contributed by atoms with Gasteiger partial charge in [-0.05, 0) is 11.6 Å². The van der Waals surface area contributed by atoms with Gasteiger partial charge in [0.15, 0.2) is 12.4 Å². The highest BCUT2D eigenvalue weighted by molar-refractivity contribution is 5.76. The van der Waals surface area contributed by atoms with Crippen molar-refractivity contribution in [2.75, 3.05) is 13.7 Å². The van der Waals surface area contributed by atoms with Gasteiger partial charge in [-0.1, -0.05) is 66.7 Å². The molecule has 1 unspecified atom stereocenters. The second-order valence-corrected chi connectivity index (χ2v) is 7.04. The van der Waals surface area contributed by atoms with Crippen LogP contribution in [-0.2, 0) is 23.7 Å². The molecule has 5 heteroatoms. The van der Waals surface area contributed by atoms with Crippen molar-refractivity contribution in [2.24, 2.45) is 5.92 Å². The van der Waals surface area contributed by atoms with Crippen LogP contribution in [0.5, 0.6) is 0 Å². The van der Waals surface area contributed by atoms with Gasteiger partial charge in [-0.3, -0.25) is 0 Å². The van der Waals surface area contributed by atoms with Crippen molar-refractivity contribution < 1.29 is 23.7 Å². The van der Waals surface area contributed by atoms with E-state index in [1.807, 2.05) is 72.8 Å². The van der Waals surface area contributed by atoms with Crippen molar-refractivity contribution in [2.45, 2.75) is 31.0 Å². The van der Waals surface area contributed by atoms with Gasteiger partial charge in [-0.25, -0.2) is 4.79 Å². The lowest BCUT2D eigenvalue weighted by Gasteiger charge is -2.39. The molecule has 0 bridgehead atoms. The summed E-state index contributed by atoms with van der Waals surface area (Å²) in [6, 6.07) is 19.2. The first-order valence-electron chi connectivity index (χ1n) is 9.53. The highest BCUT2D eigenvalue weighted by Gasteiger charge is 2.37. The summed E-state index contributed by atoms with van der Waals surface area (Å²) in [5.41, 5.74) is 1.77. The summed E-state index contributed by atoms with van der Waals surface area (Å²) in [6.07, 6.45) is 3.03. The van der Waals surface area contributed by atoms with E-state index in [1.54, 1.807) is 0 Å². The third-order valence-corrected chi connectivity index (χ3v) is 5.14. The van der Waals surface area contributed by atoms with Crippen molar-refractivity contribution in [3.8, 4) is 0 Å². The Morgan fingerprint density at radius 3 is 2.46 bits per heavy atom. The minimum atomic E-state index is -0.736. The van der Waals surface area contributed by atoms with E-state index >= 15 is 0 Å². The van der Waals surface area contributed by atoms with Crippen LogP contribution in [0.15, 0.2) is 72.8 Å². The van der Waals surface area contributed by atoms with Crippen molar-refractivity contribution in [3.05, 3.63) is 83.9 Å². The number of methoxy groups -OCH3 is 1. The zero-order chi connectivity index (χ0) is 19.3. The molecule has 0 radical (unpaired) electrons. The lowest BCUT2D eigenvalue weighted by Crippen LogP contribution is -2.41. The van der Waals surface area contributed by atoms with E-state index in [9.17, 15) is 4.79 Å². The molecule has 1 fully saturated rings. The lowest BCUT2D eigenvalue weighted by molar-refractivity contribution is -0.240. The van der Waals surface area contributed by atoms with Crippen LogP contribution in [0.3, 0.4) is 0 Å². The Kier molecular flexibility index (Phi) is 5.86. The van der Waals surface area contributed by atoms with Gasteiger partial charge in [-0.15, -0.1) is 0 Å². The molecule has 2 aromatic rings. The Hall–Kier alpha value is -2.47. The number of ether oxygens (including phenoxy) is 4. The molecule has 5 atom stereocenters. The normalized spacial score (nSPS) is 27.6. The number of hydrogen-bond donors (Lipinski definition) is 0. The van der Waals surface area contributed by atoms with E-state index in [4.69, 9.17) is 18.9 Å². The summed E-state index contributed by atoms with van der Waals surface area (Å²) in [5, 5.41) is 0. The van der Waals surface area contributed by atoms with E-state index < -0.39 is 12.1 Å². The van der Waals surface area contributed by atoms with E-state index in [1.165, 1.54) is 7.11 Å². The number of esters is 1. The molecule has 1 saturated heterocycles. The molecule has 146 valence electrons. The van der Waals surface area contributed by atoms with Gasteiger partial charge in [0.05, 0.1) is 12.7 Å². The minimum Gasteiger partial charge on any atom is -0.456 e. The molecule has 0 aromatic heterocycles. The maximum absolute atomic E-state index is 12.6. The average molecular weight is 380 g/mol. The van der Waals surface area contributed by atoms with Gasteiger partial charge < -0.3 is 18.9 Å². The fourth-order valence-corrected chi connectivity index (χ4v) is 3.67. The fourth-order valence-electron chi connectivity index (χ4n) is 3.67. The molecule has 0 N–H and O–H groups in total. The van der Waals surface area contributed by atoms with Gasteiger partial charge in [-0.2, -0.15) is 0 Å². The van der Waals surface area contributed by atoms with Crippen LogP contribution in [0.4, 0.5) is 0 Å². The van der Waals surface area contributed by atoms with E-state index in [2.05, 4.69) is 0 Å². The van der Waals surface area contributed by atoms with Crippen molar-refractivity contribution >= 4 is 5.97 Å². The molecule has 0 amide bonds. The molecule has 5 nitrogen and oxygen atoms in total. The SMILES string of the molecule is CO[C@@H](C(=O)O[C@@H]1C=C[C@H]2COC(c3ccccc3)O[C@@H]2C1)c1ccccc1. The third kappa shape index (κ3) is 4.17. The lowest BCUT2D eigenvalue weighted by atomic mass is 9.90. The number of hydrogen-bond acceptors (Lipinski definition) is 5. The monoisotopic (exact) mass is 380 g/mol. The quantitative estimate of drug-likeness (QED) is 0.580. The molecule has 2 aliphatic rings. The summed E-state index contributed by atoms with van der Waals surface area (Å²) >= 11 is 0. The number of fused-ring (bicyclic) bond motifs is 1. The summed E-state index contributed by atoms with van der Waals surface area (Å²) in [4.78, 5) is 12.6. The molecule has 1 aliphatic heterocycles. The van der Waals surface area contributed by atoms with Gasteiger partial charge in [0.1, 0.15) is 6.10 Å². The molecule has 2 aromatic carbocycles. The van der Waals surface area contributed by atoms with E-state index in [0.29, 0.717) is 13.0 Å². The van der Waals surface area contributed by atoms with Crippen LogP contribution < -0.4 is 0 Å². The molecule has 28 heavy (non-hydrogen) atoms. The molecule has 0 spiro atoms. The Morgan fingerprint density at radius 1 is 1.04 bits per heavy atom. The number of carbonyl (C=O) groups excluding carboxylic acids is 1. The van der Waals surface area contributed by atoms with E-state index in [-0.39, 0.29) is 24.4 Å². The second kappa shape index (κ2) is 8.69. The Morgan fingerprint density at radius 2 is 1.75 bits per heavy atom. The van der Waals surface area contributed by atoms with Crippen LogP contribution in [0.1, 0.15) is 29.9 Å². The van der Waals surface area contributed by atoms with E-state index in [0.717, 1.165) is 11.1 Å². The average Bonchev–Trinajstić information content (AvgIpc) is 2.75. The molecule has 4 rings (SSSR count). The molecular formula is C23H24O5. The maximum Gasteiger partial charge on any atom is 0.340 e. The molecule has 1 aliphatic carbocycles. The van der Waals surface area contributed by atoms with Gasteiger partial charge in [0.2, 0.25) is 0 Å². The Balaban J connectivity index is 1.40. The fraction of sp³-hybridized carbons (Fsp3) is 0.348. The van der Waals surface area contributed by atoms with Crippen molar-refractivity contribution in [3.63, 3.8) is 0 Å². The smallest absolute Gasteiger partial charge is 0.340 e. The third-order valence-electron chi connectivity index (χ3n) is 5.14. The highest BCUT2D eigenvalue weighted by Crippen LogP contribution is 2.35. The van der Waals surface area contributed by atoms with Gasteiger partial charge in [0, 0.05) is 25.0 Å². The van der Waals surface area contributed by atoms with Crippen LogP contribution in [0.25, 0.3) is 0 Å². The van der Waals surface area contributed by atoms with Crippen LogP contribution in [-0.4, -0.2) is 31.9 Å². The zero-order valence-electron chi connectivity index (χ0n) is 15.8. The molecule has 1 heterocycles. The minimum absolute atomic E-state index is 0.0560. The van der Waals surface area contributed by atoms with Crippen LogP contribution in [0.2, 0.25) is 0 Å². The summed E-state index contributed by atoms with van der Waals surface area (Å²) in [7, 11) is 1.51. The summed E-state index contributed by atoms with van der Waals surface area (Å²) < 4.78 is 23.1. The van der Waals surface area contributed by atoms with Gasteiger partial charge >= 0.3 is 5.97 Å². The topological polar surface area (TPSA) is 54.0 Å². The van der Waals surface area contributed by atoms with Crippen LogP contribution >= 0.6 is 0 Å². The highest BCUT2D eigenvalue weighted by atomic mass is 16.7. The number of benzene rings is 2. The number of rotatable bonds is 5. The zero-order valence-corrected chi connectivity index (χ0v) is 15.8. The van der Waals surface area contributed by atoms with Crippen molar-refractivity contribution in [1.82, 2.24) is 0 Å². The Bertz CT molecular complexity index is 804. The standard InChI is InChI=1S/C23H24O5/c1-25-21(16-8-4-2-5-9-16)22(24)27-19-13-12-18-15-26-23(28-20(18)14-19)17-10-6-3-7-11-17/h2-13,18-21,23H,14-15H2,1H3/t18-,19+,20+,21+,23?/m0/s1. The predicted octanol–water partition coefficient (Wildman–Crippen LogP) is 3.98. The summed E-state index contributed by atoms with van der Waals surface area (Å²) in [5.74, 6) is -0.226. The number of carbonyl (C=O) groups is 1. The first kappa shape index (κ1) is 18.9. The van der Waals surface area contributed by atoms with Crippen LogP contribution in [0, 0.1) is 5.92 Å². The second-order valence-electron chi connectivity index (χ2n) is 7.04. The first-order chi connectivity index (χ1) is 13.7. The maximum atomic E-state index is 12.6.